The average molecular weight is 288 g/mol. The average Bonchev–Trinajstić information content (AvgIpc) is 2.25. The first-order valence-corrected chi connectivity index (χ1v) is 5.65. The lowest BCUT2D eigenvalue weighted by atomic mass is 10.1. The van der Waals surface area contributed by atoms with Gasteiger partial charge in [0.2, 0.25) is 0 Å². The van der Waals surface area contributed by atoms with Crippen LogP contribution in [0.5, 0.6) is 5.75 Å². The van der Waals surface area contributed by atoms with Gasteiger partial charge in [0, 0.05) is 15.7 Å². The van der Waals surface area contributed by atoms with Crippen LogP contribution in [0.3, 0.4) is 0 Å². The van der Waals surface area contributed by atoms with E-state index in [9.17, 15) is 4.79 Å². The number of benzene rings is 1. The summed E-state index contributed by atoms with van der Waals surface area (Å²) in [7, 11) is 1.55. The largest absolute Gasteiger partial charge is 0.496 e. The number of esters is 1. The monoisotopic (exact) mass is 287 g/mol. The van der Waals surface area contributed by atoms with Crippen molar-refractivity contribution in [1.29, 1.82) is 0 Å². The number of rotatable bonds is 4. The van der Waals surface area contributed by atoms with Crippen LogP contribution in [0, 0.1) is 0 Å². The molecule has 0 atom stereocenters. The van der Waals surface area contributed by atoms with Crippen LogP contribution in [0.1, 0.15) is 12.5 Å². The predicted molar refractivity (Wildman–Crippen MR) is 65.4 cm³/mol. The molecule has 1 aromatic rings. The lowest BCUT2D eigenvalue weighted by Gasteiger charge is -2.11. The molecule has 0 aliphatic rings. The Morgan fingerprint density at radius 3 is 2.75 bits per heavy atom. The van der Waals surface area contributed by atoms with Gasteiger partial charge in [-0.1, -0.05) is 0 Å². The molecule has 1 rings (SSSR count). The third-order valence-corrected chi connectivity index (χ3v) is 3.01. The van der Waals surface area contributed by atoms with E-state index in [-0.39, 0.29) is 12.4 Å². The van der Waals surface area contributed by atoms with E-state index in [0.29, 0.717) is 28.1 Å². The summed E-state index contributed by atoms with van der Waals surface area (Å²) in [5.74, 6) is 0.321. The van der Waals surface area contributed by atoms with E-state index >= 15 is 0 Å². The standard InChI is InChI=1S/C11H14BrNO3/c1-3-16-10(14)6-7-9(15-2)5-4-8(13)11(7)12/h4-5H,3,6,13H2,1-2H3. The summed E-state index contributed by atoms with van der Waals surface area (Å²) in [5, 5.41) is 0. The molecule has 0 aliphatic carbocycles. The van der Waals surface area contributed by atoms with Crippen molar-refractivity contribution in [2.24, 2.45) is 0 Å². The Morgan fingerprint density at radius 1 is 1.50 bits per heavy atom. The molecular formula is C11H14BrNO3. The van der Waals surface area contributed by atoms with Crippen LogP contribution in [0.25, 0.3) is 0 Å². The maximum Gasteiger partial charge on any atom is 0.310 e. The maximum absolute atomic E-state index is 11.4. The van der Waals surface area contributed by atoms with Crippen LogP contribution < -0.4 is 10.5 Å². The van der Waals surface area contributed by atoms with Crippen molar-refractivity contribution in [3.63, 3.8) is 0 Å². The minimum Gasteiger partial charge on any atom is -0.496 e. The van der Waals surface area contributed by atoms with Crippen LogP contribution >= 0.6 is 15.9 Å². The molecule has 0 heterocycles. The third kappa shape index (κ3) is 2.88. The fourth-order valence-corrected chi connectivity index (χ4v) is 1.80. The van der Waals surface area contributed by atoms with E-state index in [4.69, 9.17) is 15.2 Å². The number of methoxy groups -OCH3 is 1. The van der Waals surface area contributed by atoms with Gasteiger partial charge in [0.05, 0.1) is 20.1 Å². The van der Waals surface area contributed by atoms with E-state index in [2.05, 4.69) is 15.9 Å². The molecule has 0 spiro atoms. The Kier molecular flexibility index (Phi) is 4.61. The number of nitrogens with two attached hydrogens (primary N) is 1. The van der Waals surface area contributed by atoms with Gasteiger partial charge >= 0.3 is 5.97 Å². The van der Waals surface area contributed by atoms with E-state index in [1.807, 2.05) is 0 Å². The summed E-state index contributed by atoms with van der Waals surface area (Å²) < 4.78 is 10.7. The molecule has 0 aliphatic heterocycles. The molecule has 1 aromatic carbocycles. The highest BCUT2D eigenvalue weighted by molar-refractivity contribution is 9.10. The Balaban J connectivity index is 3.00. The highest BCUT2D eigenvalue weighted by Crippen LogP contribution is 2.32. The summed E-state index contributed by atoms with van der Waals surface area (Å²) in [6, 6.07) is 3.45. The van der Waals surface area contributed by atoms with Crippen LogP contribution in [0.15, 0.2) is 16.6 Å². The van der Waals surface area contributed by atoms with Crippen LogP contribution in [-0.4, -0.2) is 19.7 Å². The van der Waals surface area contributed by atoms with Gasteiger partial charge < -0.3 is 15.2 Å². The van der Waals surface area contributed by atoms with Crippen LogP contribution in [0.4, 0.5) is 5.69 Å². The molecular weight excluding hydrogens is 274 g/mol. The fraction of sp³-hybridized carbons (Fsp3) is 0.364. The zero-order valence-electron chi connectivity index (χ0n) is 9.25. The van der Waals surface area contributed by atoms with E-state index in [0.717, 1.165) is 0 Å². The molecule has 2 N–H and O–H groups in total. The first kappa shape index (κ1) is 12.8. The Labute approximate surface area is 103 Å². The topological polar surface area (TPSA) is 61.5 Å². The Bertz CT molecular complexity index is 393. The summed E-state index contributed by atoms with van der Waals surface area (Å²) >= 11 is 3.34. The highest BCUT2D eigenvalue weighted by Gasteiger charge is 2.14. The second-order valence-electron chi connectivity index (χ2n) is 3.13. The summed E-state index contributed by atoms with van der Waals surface area (Å²) in [6.45, 7) is 2.13. The lowest BCUT2D eigenvalue weighted by molar-refractivity contribution is -0.142. The van der Waals surface area contributed by atoms with Gasteiger partial charge in [0.15, 0.2) is 0 Å². The van der Waals surface area contributed by atoms with Crippen molar-refractivity contribution < 1.29 is 14.3 Å². The molecule has 0 fully saturated rings. The van der Waals surface area contributed by atoms with Crippen molar-refractivity contribution in [1.82, 2.24) is 0 Å². The second kappa shape index (κ2) is 5.75. The molecule has 0 aromatic heterocycles. The van der Waals surface area contributed by atoms with Crippen molar-refractivity contribution >= 4 is 27.6 Å². The first-order valence-electron chi connectivity index (χ1n) is 4.86. The molecule has 16 heavy (non-hydrogen) atoms. The van der Waals surface area contributed by atoms with Gasteiger partial charge in [-0.2, -0.15) is 0 Å². The summed E-state index contributed by atoms with van der Waals surface area (Å²) in [5.41, 5.74) is 7.02. The SMILES string of the molecule is CCOC(=O)Cc1c(OC)ccc(N)c1Br. The zero-order chi connectivity index (χ0) is 12.1. The number of hydrogen-bond acceptors (Lipinski definition) is 4. The number of anilines is 1. The lowest BCUT2D eigenvalue weighted by Crippen LogP contribution is -2.09. The number of carbonyl (C=O) groups is 1. The summed E-state index contributed by atoms with van der Waals surface area (Å²) in [6.07, 6.45) is 0.142. The third-order valence-electron chi connectivity index (χ3n) is 2.08. The number of nitrogen functional groups attached to an aromatic ring is 1. The van der Waals surface area contributed by atoms with E-state index in [1.165, 1.54) is 0 Å². The maximum atomic E-state index is 11.4. The van der Waals surface area contributed by atoms with Crippen LogP contribution in [-0.2, 0) is 16.0 Å². The molecule has 0 bridgehead atoms. The normalized spacial score (nSPS) is 9.94. The molecule has 0 radical (unpaired) electrons. The Hall–Kier alpha value is -1.23. The molecule has 0 saturated heterocycles. The predicted octanol–water partition coefficient (Wildman–Crippen LogP) is 2.15. The fourth-order valence-electron chi connectivity index (χ4n) is 1.33. The van der Waals surface area contributed by atoms with Gasteiger partial charge in [0.25, 0.3) is 0 Å². The van der Waals surface area contributed by atoms with Crippen molar-refractivity contribution in [3.05, 3.63) is 22.2 Å². The van der Waals surface area contributed by atoms with Crippen LogP contribution in [0.2, 0.25) is 0 Å². The minimum absolute atomic E-state index is 0.142. The second-order valence-corrected chi connectivity index (χ2v) is 3.92. The molecule has 88 valence electrons. The van der Waals surface area contributed by atoms with Crippen molar-refractivity contribution in [2.75, 3.05) is 19.5 Å². The molecule has 0 saturated carbocycles. The number of halogens is 1. The van der Waals surface area contributed by atoms with Gasteiger partial charge in [-0.25, -0.2) is 0 Å². The van der Waals surface area contributed by atoms with Crippen molar-refractivity contribution in [3.8, 4) is 5.75 Å². The number of hydrogen-bond donors (Lipinski definition) is 1. The van der Waals surface area contributed by atoms with Gasteiger partial charge in [-0.15, -0.1) is 0 Å². The molecule has 5 heteroatoms. The van der Waals surface area contributed by atoms with Gasteiger partial charge in [0.1, 0.15) is 5.75 Å². The quantitative estimate of drug-likeness (QED) is 0.681. The highest BCUT2D eigenvalue weighted by atomic mass is 79.9. The minimum atomic E-state index is -0.299. The Morgan fingerprint density at radius 2 is 2.19 bits per heavy atom. The molecule has 0 unspecified atom stereocenters. The smallest absolute Gasteiger partial charge is 0.310 e. The zero-order valence-corrected chi connectivity index (χ0v) is 10.8. The number of carbonyl (C=O) groups excluding carboxylic acids is 1. The van der Waals surface area contributed by atoms with E-state index < -0.39 is 0 Å². The van der Waals surface area contributed by atoms with Gasteiger partial charge in [-0.3, -0.25) is 4.79 Å². The summed E-state index contributed by atoms with van der Waals surface area (Å²) in [4.78, 5) is 11.4. The van der Waals surface area contributed by atoms with Gasteiger partial charge in [-0.05, 0) is 35.0 Å². The molecule has 4 nitrogen and oxygen atoms in total. The van der Waals surface area contributed by atoms with Crippen molar-refractivity contribution in [2.45, 2.75) is 13.3 Å². The number of ether oxygens (including phenoxy) is 2. The molecule has 0 amide bonds. The van der Waals surface area contributed by atoms with E-state index in [1.54, 1.807) is 26.2 Å². The first-order chi connectivity index (χ1) is 7.60.